The lowest BCUT2D eigenvalue weighted by Gasteiger charge is -2.55. The zero-order valence-electron chi connectivity index (χ0n) is 12.8. The average molecular weight is 264 g/mol. The molecular weight excluding hydrogens is 234 g/mol. The van der Waals surface area contributed by atoms with Crippen molar-refractivity contribution < 1.29 is 18.7 Å². The van der Waals surface area contributed by atoms with E-state index in [1.165, 1.54) is 0 Å². The van der Waals surface area contributed by atoms with E-state index in [0.29, 0.717) is 0 Å². The van der Waals surface area contributed by atoms with E-state index in [-0.39, 0.29) is 0 Å². The summed E-state index contributed by atoms with van der Waals surface area (Å²) in [4.78, 5) is 0. The first-order valence-corrected chi connectivity index (χ1v) is 7.38. The van der Waals surface area contributed by atoms with E-state index in [4.69, 9.17) is 14.2 Å². The van der Waals surface area contributed by atoms with Gasteiger partial charge in [0.15, 0.2) is 0 Å². The van der Waals surface area contributed by atoms with E-state index in [0.717, 1.165) is 34.4 Å². The summed E-state index contributed by atoms with van der Waals surface area (Å²) in [6.45, 7) is 11.6. The molecule has 0 saturated carbocycles. The second kappa shape index (κ2) is 6.29. The van der Waals surface area contributed by atoms with Crippen LogP contribution in [0.15, 0.2) is 0 Å². The minimum Gasteiger partial charge on any atom is -0.347 e. The van der Waals surface area contributed by atoms with Gasteiger partial charge in [-0.3, -0.25) is 4.48 Å². The summed E-state index contributed by atoms with van der Waals surface area (Å²) in [5.41, 5.74) is 0. The number of rotatable bonds is 8. The third kappa shape index (κ3) is 2.44. The van der Waals surface area contributed by atoms with Crippen molar-refractivity contribution in [3.8, 4) is 0 Å². The summed E-state index contributed by atoms with van der Waals surface area (Å²) in [5, 5.41) is -0.408. The zero-order valence-corrected chi connectivity index (χ0v) is 14.8. The van der Waals surface area contributed by atoms with Crippen LogP contribution < -0.4 is 0 Å². The van der Waals surface area contributed by atoms with Gasteiger partial charge in [-0.15, -0.1) is 0 Å². The van der Waals surface area contributed by atoms with Gasteiger partial charge in [0, 0.05) is 21.3 Å². The Morgan fingerprint density at radius 3 is 1.41 bits per heavy atom. The second-order valence-electron chi connectivity index (χ2n) is 4.63. The molecular formula is C12H30NO3Si+. The van der Waals surface area contributed by atoms with Crippen molar-refractivity contribution in [1.82, 2.24) is 0 Å². The van der Waals surface area contributed by atoms with Crippen LogP contribution in [0, 0.1) is 0 Å². The van der Waals surface area contributed by atoms with Crippen LogP contribution in [0.3, 0.4) is 0 Å². The molecule has 0 bridgehead atoms. The maximum atomic E-state index is 5.91. The van der Waals surface area contributed by atoms with Crippen molar-refractivity contribution in [2.24, 2.45) is 0 Å². The standard InChI is InChI=1S/C12H30NO3Si/c1-8-13(9-2,10-3)12(17,16-7)11(4,14-5)15-6/h8-10H2,1-7,17H3/q+1. The summed E-state index contributed by atoms with van der Waals surface area (Å²) < 4.78 is 18.0. The summed E-state index contributed by atoms with van der Waals surface area (Å²) in [7, 11) is 5.96. The molecule has 4 nitrogen and oxygen atoms in total. The lowest BCUT2D eigenvalue weighted by Crippen LogP contribution is -2.75. The molecule has 0 aliphatic heterocycles. The van der Waals surface area contributed by atoms with Crippen molar-refractivity contribution in [3.63, 3.8) is 0 Å². The Labute approximate surface area is 109 Å². The number of likely N-dealkylation sites (N-methyl/N-ethyl adjacent to an activating group) is 1. The number of hydrogen-bond donors (Lipinski definition) is 0. The van der Waals surface area contributed by atoms with Crippen molar-refractivity contribution in [2.75, 3.05) is 41.0 Å². The smallest absolute Gasteiger partial charge is 0.242 e. The van der Waals surface area contributed by atoms with Gasteiger partial charge in [-0.25, -0.2) is 0 Å². The third-order valence-corrected chi connectivity index (χ3v) is 7.01. The van der Waals surface area contributed by atoms with Crippen LogP contribution in [0.25, 0.3) is 0 Å². The number of ether oxygens (including phenoxy) is 3. The minimum absolute atomic E-state index is 0.408. The summed E-state index contributed by atoms with van der Waals surface area (Å²) in [5.74, 6) is -0.712. The second-order valence-corrected chi connectivity index (χ2v) is 5.99. The molecule has 17 heavy (non-hydrogen) atoms. The third-order valence-electron chi connectivity index (χ3n) is 4.74. The Morgan fingerprint density at radius 1 is 0.882 bits per heavy atom. The van der Waals surface area contributed by atoms with Gasteiger partial charge < -0.3 is 14.2 Å². The molecule has 0 rings (SSSR count). The van der Waals surface area contributed by atoms with E-state index < -0.39 is 11.1 Å². The quantitative estimate of drug-likeness (QED) is 0.364. The van der Waals surface area contributed by atoms with Gasteiger partial charge in [0.25, 0.3) is 0 Å². The predicted molar refractivity (Wildman–Crippen MR) is 74.0 cm³/mol. The van der Waals surface area contributed by atoms with E-state index >= 15 is 0 Å². The Hall–Kier alpha value is 0.0569. The molecule has 1 unspecified atom stereocenters. The molecule has 5 heteroatoms. The lowest BCUT2D eigenvalue weighted by atomic mass is 10.1. The molecule has 0 N–H and O–H groups in total. The van der Waals surface area contributed by atoms with Crippen LogP contribution in [0.2, 0.25) is 0 Å². The van der Waals surface area contributed by atoms with Crippen LogP contribution in [-0.2, 0) is 14.2 Å². The molecule has 0 aliphatic rings. The zero-order chi connectivity index (χ0) is 13.7. The number of nitrogens with zero attached hydrogens (tertiary/aromatic N) is 1. The number of methoxy groups -OCH3 is 3. The highest BCUT2D eigenvalue weighted by atomic mass is 28.1. The summed E-state index contributed by atoms with van der Waals surface area (Å²) in [6, 6.07) is 0. The summed E-state index contributed by atoms with van der Waals surface area (Å²) >= 11 is 0. The normalized spacial score (nSPS) is 17.1. The lowest BCUT2D eigenvalue weighted by molar-refractivity contribution is -0.991. The number of hydrogen-bond acceptors (Lipinski definition) is 3. The predicted octanol–water partition coefficient (Wildman–Crippen LogP) is 0.537. The molecule has 0 aromatic carbocycles. The van der Waals surface area contributed by atoms with E-state index in [2.05, 4.69) is 20.8 Å². The molecule has 104 valence electrons. The van der Waals surface area contributed by atoms with Gasteiger partial charge in [0.1, 0.15) is 10.2 Å². The van der Waals surface area contributed by atoms with Crippen molar-refractivity contribution in [3.05, 3.63) is 0 Å². The first kappa shape index (κ1) is 17.1. The van der Waals surface area contributed by atoms with Crippen LogP contribution in [0.4, 0.5) is 0 Å². The van der Waals surface area contributed by atoms with Crippen LogP contribution in [-0.4, -0.2) is 66.8 Å². The van der Waals surface area contributed by atoms with Gasteiger partial charge in [0.2, 0.25) is 11.1 Å². The summed E-state index contributed by atoms with van der Waals surface area (Å²) in [6.07, 6.45) is 0. The van der Waals surface area contributed by atoms with E-state index in [1.54, 1.807) is 21.3 Å². The fourth-order valence-corrected chi connectivity index (χ4v) is 4.20. The number of quaternary nitrogens is 1. The first-order valence-electron chi connectivity index (χ1n) is 6.38. The fraction of sp³-hybridized carbons (Fsp3) is 1.00. The highest BCUT2D eigenvalue weighted by Crippen LogP contribution is 2.36. The highest BCUT2D eigenvalue weighted by Gasteiger charge is 2.59. The molecule has 0 saturated heterocycles. The van der Waals surface area contributed by atoms with Crippen LogP contribution >= 0.6 is 0 Å². The van der Waals surface area contributed by atoms with Gasteiger partial charge >= 0.3 is 0 Å². The maximum Gasteiger partial charge on any atom is 0.242 e. The van der Waals surface area contributed by atoms with Crippen LogP contribution in [0.1, 0.15) is 27.7 Å². The van der Waals surface area contributed by atoms with Crippen LogP contribution in [0.5, 0.6) is 0 Å². The molecule has 0 radical (unpaired) electrons. The molecule has 0 aliphatic carbocycles. The topological polar surface area (TPSA) is 27.7 Å². The van der Waals surface area contributed by atoms with E-state index in [9.17, 15) is 0 Å². The molecule has 0 aromatic heterocycles. The molecule has 0 fully saturated rings. The Morgan fingerprint density at radius 2 is 1.24 bits per heavy atom. The Bertz CT molecular complexity index is 222. The molecule has 0 amide bonds. The van der Waals surface area contributed by atoms with Crippen molar-refractivity contribution in [2.45, 2.75) is 38.8 Å². The fourth-order valence-electron chi connectivity index (χ4n) is 2.85. The highest BCUT2D eigenvalue weighted by molar-refractivity contribution is 6.14. The molecule has 0 spiro atoms. The largest absolute Gasteiger partial charge is 0.347 e. The molecule has 0 heterocycles. The SMILES string of the molecule is CC[N+](CC)(CC)C([SiH3])(OC)C(C)(OC)OC. The van der Waals surface area contributed by atoms with Crippen molar-refractivity contribution in [1.29, 1.82) is 0 Å². The van der Waals surface area contributed by atoms with E-state index in [1.807, 2.05) is 6.92 Å². The monoisotopic (exact) mass is 264 g/mol. The average Bonchev–Trinajstić information content (AvgIpc) is 2.39. The van der Waals surface area contributed by atoms with Crippen molar-refractivity contribution >= 4 is 10.2 Å². The van der Waals surface area contributed by atoms with Gasteiger partial charge in [0.05, 0.1) is 19.6 Å². The van der Waals surface area contributed by atoms with Gasteiger partial charge in [-0.05, 0) is 27.7 Å². The Kier molecular flexibility index (Phi) is 6.31. The van der Waals surface area contributed by atoms with Gasteiger partial charge in [-0.2, -0.15) is 0 Å². The maximum absolute atomic E-state index is 5.91. The first-order chi connectivity index (χ1) is 7.86. The minimum atomic E-state index is -0.712. The van der Waals surface area contributed by atoms with Gasteiger partial charge in [-0.1, -0.05) is 0 Å². The Balaban J connectivity index is 5.67. The molecule has 0 aromatic rings. The molecule has 1 atom stereocenters.